The molecule has 0 saturated carbocycles. The van der Waals surface area contributed by atoms with Crippen molar-refractivity contribution >= 4 is 39.2 Å². The van der Waals surface area contributed by atoms with Crippen molar-refractivity contribution in [3.63, 3.8) is 0 Å². The summed E-state index contributed by atoms with van der Waals surface area (Å²) in [6.07, 6.45) is 4.13. The Morgan fingerprint density at radius 1 is 1.30 bits per heavy atom. The van der Waals surface area contributed by atoms with Crippen molar-refractivity contribution in [2.24, 2.45) is 0 Å². The average molecular weight is 392 g/mol. The van der Waals surface area contributed by atoms with Crippen LogP contribution < -0.4 is 10.6 Å². The highest BCUT2D eigenvalue weighted by Crippen LogP contribution is 2.14. The molecule has 6 heteroatoms. The number of hydrogen-bond acceptors (Lipinski definition) is 3. The van der Waals surface area contributed by atoms with Crippen LogP contribution in [0, 0.1) is 0 Å². The summed E-state index contributed by atoms with van der Waals surface area (Å²) in [6, 6.07) is 10.0. The Morgan fingerprint density at radius 3 is 2.61 bits per heavy atom. The molecule has 120 valence electrons. The van der Waals surface area contributed by atoms with Gasteiger partial charge in [-0.15, -0.1) is 0 Å². The number of nitrogens with one attached hydrogen (secondary N) is 2. The van der Waals surface area contributed by atoms with Gasteiger partial charge in [0.05, 0.1) is 11.6 Å². The zero-order valence-electron chi connectivity index (χ0n) is 13.0. The fraction of sp³-hybridized carbons (Fsp3) is 0.235. The Labute approximate surface area is 149 Å². The monoisotopic (exact) mass is 391 g/mol. The van der Waals surface area contributed by atoms with Crippen molar-refractivity contribution in [1.82, 2.24) is 15.6 Å². The lowest BCUT2D eigenvalue weighted by molar-refractivity contribution is 0.0976. The lowest BCUT2D eigenvalue weighted by Crippen LogP contribution is -2.40. The van der Waals surface area contributed by atoms with Crippen LogP contribution in [0.5, 0.6) is 0 Å². The molecule has 0 aliphatic rings. The SMILES string of the molecule is CCc1ccc([C@@H](C)NC(=S)NC(=O)c2cncc(Br)c2)cc1. The quantitative estimate of drug-likeness (QED) is 0.778. The molecule has 0 aliphatic heterocycles. The van der Waals surface area contributed by atoms with E-state index >= 15 is 0 Å². The molecule has 0 saturated heterocycles. The van der Waals surface area contributed by atoms with Gasteiger partial charge in [0.1, 0.15) is 0 Å². The molecule has 0 unspecified atom stereocenters. The molecule has 0 bridgehead atoms. The molecule has 23 heavy (non-hydrogen) atoms. The zero-order valence-corrected chi connectivity index (χ0v) is 15.4. The average Bonchev–Trinajstić information content (AvgIpc) is 2.54. The van der Waals surface area contributed by atoms with Crippen LogP contribution in [0.1, 0.15) is 41.4 Å². The lowest BCUT2D eigenvalue weighted by Gasteiger charge is -2.17. The van der Waals surface area contributed by atoms with E-state index in [1.54, 1.807) is 12.3 Å². The van der Waals surface area contributed by atoms with Gasteiger partial charge in [0, 0.05) is 16.9 Å². The number of thiocarbonyl (C=S) groups is 1. The summed E-state index contributed by atoms with van der Waals surface area (Å²) >= 11 is 8.50. The molecular formula is C17H18BrN3OS. The van der Waals surface area contributed by atoms with E-state index in [1.165, 1.54) is 11.8 Å². The predicted molar refractivity (Wildman–Crippen MR) is 99.4 cm³/mol. The lowest BCUT2D eigenvalue weighted by atomic mass is 10.1. The second kappa shape index (κ2) is 8.17. The van der Waals surface area contributed by atoms with Crippen LogP contribution in [-0.2, 0) is 6.42 Å². The number of pyridine rings is 1. The van der Waals surface area contributed by atoms with E-state index in [-0.39, 0.29) is 11.9 Å². The fourth-order valence-corrected chi connectivity index (χ4v) is 2.70. The van der Waals surface area contributed by atoms with Crippen molar-refractivity contribution in [2.75, 3.05) is 0 Å². The van der Waals surface area contributed by atoms with E-state index in [9.17, 15) is 4.79 Å². The van der Waals surface area contributed by atoms with Gasteiger partial charge in [0.2, 0.25) is 0 Å². The third-order valence-corrected chi connectivity index (χ3v) is 4.08. The predicted octanol–water partition coefficient (Wildman–Crippen LogP) is 3.77. The maximum Gasteiger partial charge on any atom is 0.259 e. The third kappa shape index (κ3) is 5.11. The standard InChI is InChI=1S/C17H18BrN3OS/c1-3-12-4-6-13(7-5-12)11(2)20-17(23)21-16(22)14-8-15(18)10-19-9-14/h4-11H,3H2,1-2H3,(H2,20,21,22,23)/t11-/m1/s1. The number of halogens is 1. The number of aryl methyl sites for hydroxylation is 1. The highest BCUT2D eigenvalue weighted by Gasteiger charge is 2.11. The van der Waals surface area contributed by atoms with Crippen molar-refractivity contribution in [3.05, 3.63) is 63.9 Å². The van der Waals surface area contributed by atoms with E-state index in [2.05, 4.69) is 62.7 Å². The summed E-state index contributed by atoms with van der Waals surface area (Å²) in [5.41, 5.74) is 2.85. The Morgan fingerprint density at radius 2 is 2.00 bits per heavy atom. The Hall–Kier alpha value is -1.79. The molecule has 0 spiro atoms. The first-order chi connectivity index (χ1) is 11.0. The minimum atomic E-state index is -0.287. The first kappa shape index (κ1) is 17.6. The van der Waals surface area contributed by atoms with E-state index in [0.717, 1.165) is 16.5 Å². The van der Waals surface area contributed by atoms with Crippen LogP contribution in [-0.4, -0.2) is 16.0 Å². The van der Waals surface area contributed by atoms with E-state index in [0.29, 0.717) is 10.7 Å². The third-order valence-electron chi connectivity index (χ3n) is 3.43. The molecule has 0 fully saturated rings. The summed E-state index contributed by atoms with van der Waals surface area (Å²) in [5.74, 6) is -0.287. The number of benzene rings is 1. The van der Waals surface area contributed by atoms with Crippen LogP contribution in [0.25, 0.3) is 0 Å². The van der Waals surface area contributed by atoms with Crippen LogP contribution in [0.3, 0.4) is 0 Å². The molecule has 1 atom stereocenters. The number of carbonyl (C=O) groups excluding carboxylic acids is 1. The normalized spacial score (nSPS) is 11.6. The summed E-state index contributed by atoms with van der Waals surface area (Å²) in [6.45, 7) is 4.12. The first-order valence-electron chi connectivity index (χ1n) is 7.31. The van der Waals surface area contributed by atoms with Gasteiger partial charge in [0.15, 0.2) is 5.11 Å². The van der Waals surface area contributed by atoms with Gasteiger partial charge in [0.25, 0.3) is 5.91 Å². The van der Waals surface area contributed by atoms with Crippen molar-refractivity contribution in [3.8, 4) is 0 Å². The van der Waals surface area contributed by atoms with Gasteiger partial charge in [-0.1, -0.05) is 31.2 Å². The van der Waals surface area contributed by atoms with Crippen molar-refractivity contribution < 1.29 is 4.79 Å². The van der Waals surface area contributed by atoms with Gasteiger partial charge >= 0.3 is 0 Å². The molecule has 1 amide bonds. The number of rotatable bonds is 4. The number of carbonyl (C=O) groups is 1. The minimum absolute atomic E-state index is 0.00865. The summed E-state index contributed by atoms with van der Waals surface area (Å²) < 4.78 is 0.744. The molecular weight excluding hydrogens is 374 g/mol. The number of nitrogens with zero attached hydrogens (tertiary/aromatic N) is 1. The molecule has 2 N–H and O–H groups in total. The van der Waals surface area contributed by atoms with Gasteiger partial charge in [-0.05, 0) is 58.7 Å². The molecule has 2 rings (SSSR count). The van der Waals surface area contributed by atoms with Crippen LogP contribution >= 0.6 is 28.1 Å². The summed E-state index contributed by atoms with van der Waals surface area (Å²) in [7, 11) is 0. The minimum Gasteiger partial charge on any atom is -0.356 e. The van der Waals surface area contributed by atoms with Gasteiger partial charge in [-0.25, -0.2) is 0 Å². The number of hydrogen-bond donors (Lipinski definition) is 2. The molecule has 1 heterocycles. The smallest absolute Gasteiger partial charge is 0.259 e. The van der Waals surface area contributed by atoms with Crippen molar-refractivity contribution in [2.45, 2.75) is 26.3 Å². The maximum atomic E-state index is 12.1. The second-order valence-corrected chi connectivity index (χ2v) is 6.46. The molecule has 1 aromatic heterocycles. The largest absolute Gasteiger partial charge is 0.356 e. The van der Waals surface area contributed by atoms with E-state index in [1.807, 2.05) is 6.92 Å². The number of aromatic nitrogens is 1. The summed E-state index contributed by atoms with van der Waals surface area (Å²) in [5, 5.41) is 6.08. The zero-order chi connectivity index (χ0) is 16.8. The van der Waals surface area contributed by atoms with Gasteiger partial charge < -0.3 is 5.32 Å². The van der Waals surface area contributed by atoms with Crippen LogP contribution in [0.15, 0.2) is 47.2 Å². The number of amides is 1. The topological polar surface area (TPSA) is 54.0 Å². The van der Waals surface area contributed by atoms with E-state index < -0.39 is 0 Å². The molecule has 0 radical (unpaired) electrons. The van der Waals surface area contributed by atoms with Crippen LogP contribution in [0.2, 0.25) is 0 Å². The fourth-order valence-electron chi connectivity index (χ4n) is 2.07. The molecule has 4 nitrogen and oxygen atoms in total. The Kier molecular flexibility index (Phi) is 6.24. The highest BCUT2D eigenvalue weighted by atomic mass is 79.9. The molecule has 1 aromatic carbocycles. The van der Waals surface area contributed by atoms with Gasteiger partial charge in [-0.3, -0.25) is 15.1 Å². The molecule has 0 aliphatic carbocycles. The Balaban J connectivity index is 1.94. The highest BCUT2D eigenvalue weighted by molar-refractivity contribution is 9.10. The Bertz CT molecular complexity index is 703. The maximum absolute atomic E-state index is 12.1. The van der Waals surface area contributed by atoms with Crippen LogP contribution in [0.4, 0.5) is 0 Å². The molecule has 2 aromatic rings. The van der Waals surface area contributed by atoms with Gasteiger partial charge in [-0.2, -0.15) is 0 Å². The second-order valence-electron chi connectivity index (χ2n) is 5.14. The first-order valence-corrected chi connectivity index (χ1v) is 8.51. The summed E-state index contributed by atoms with van der Waals surface area (Å²) in [4.78, 5) is 16.1. The van der Waals surface area contributed by atoms with Crippen molar-refractivity contribution in [1.29, 1.82) is 0 Å². The van der Waals surface area contributed by atoms with E-state index in [4.69, 9.17) is 12.2 Å².